The van der Waals surface area contributed by atoms with Gasteiger partial charge in [-0.05, 0) is 53.6 Å². The first-order valence-corrected chi connectivity index (χ1v) is 11.3. The van der Waals surface area contributed by atoms with Crippen molar-refractivity contribution in [3.63, 3.8) is 0 Å². The van der Waals surface area contributed by atoms with Crippen LogP contribution in [0.1, 0.15) is 52.5 Å². The van der Waals surface area contributed by atoms with Crippen molar-refractivity contribution in [2.45, 2.75) is 31.8 Å². The third-order valence-electron chi connectivity index (χ3n) is 6.24. The van der Waals surface area contributed by atoms with E-state index in [0.717, 1.165) is 5.56 Å². The molecule has 0 fully saturated rings. The van der Waals surface area contributed by atoms with Crippen molar-refractivity contribution in [2.75, 3.05) is 0 Å². The Morgan fingerprint density at radius 2 is 1.97 bits per heavy atom. The summed E-state index contributed by atoms with van der Waals surface area (Å²) < 4.78 is 2.11. The van der Waals surface area contributed by atoms with Gasteiger partial charge in [0.15, 0.2) is 17.8 Å². The Balaban J connectivity index is 1.49. The maximum atomic E-state index is 13.2. The number of carbonyl (C=O) groups is 2. The number of tetrazole rings is 1. The molecule has 176 valence electrons. The van der Waals surface area contributed by atoms with E-state index in [1.54, 1.807) is 48.5 Å². The Morgan fingerprint density at radius 1 is 1.20 bits per heavy atom. The van der Waals surface area contributed by atoms with Gasteiger partial charge in [0.05, 0.1) is 17.4 Å². The second kappa shape index (κ2) is 9.01. The molecule has 2 aromatic carbocycles. The zero-order valence-corrected chi connectivity index (χ0v) is 19.4. The van der Waals surface area contributed by atoms with Crippen LogP contribution in [0.3, 0.4) is 0 Å². The van der Waals surface area contributed by atoms with E-state index in [2.05, 4.69) is 15.5 Å². The average Bonchev–Trinajstić information content (AvgIpc) is 3.48. The predicted molar refractivity (Wildman–Crippen MR) is 126 cm³/mol. The summed E-state index contributed by atoms with van der Waals surface area (Å²) in [5.74, 6) is -0.966. The van der Waals surface area contributed by atoms with E-state index in [-0.39, 0.29) is 30.1 Å². The van der Waals surface area contributed by atoms with E-state index in [1.165, 1.54) is 24.1 Å². The smallest absolute Gasteiger partial charge is 0.209 e. The molecule has 2 aromatic heterocycles. The van der Waals surface area contributed by atoms with Crippen LogP contribution >= 0.6 is 11.6 Å². The minimum absolute atomic E-state index is 0.0538. The van der Waals surface area contributed by atoms with Crippen molar-refractivity contribution in [3.05, 3.63) is 93.7 Å². The molecule has 0 aliphatic heterocycles. The van der Waals surface area contributed by atoms with E-state index >= 15 is 0 Å². The van der Waals surface area contributed by atoms with Gasteiger partial charge in [0.1, 0.15) is 12.2 Å². The van der Waals surface area contributed by atoms with E-state index in [9.17, 15) is 19.9 Å². The van der Waals surface area contributed by atoms with Crippen molar-refractivity contribution in [3.8, 4) is 16.8 Å². The molecule has 4 aromatic rings. The Bertz CT molecular complexity index is 1440. The van der Waals surface area contributed by atoms with Gasteiger partial charge in [-0.2, -0.15) is 9.41 Å². The van der Waals surface area contributed by atoms with E-state index in [1.807, 2.05) is 0 Å². The maximum Gasteiger partial charge on any atom is 0.209 e. The number of halogens is 1. The number of carbonyl (C=O) groups excluding carboxylic acids is 2. The van der Waals surface area contributed by atoms with Crippen LogP contribution in [-0.2, 0) is 11.2 Å². The summed E-state index contributed by atoms with van der Waals surface area (Å²) in [6.07, 6.45) is 2.06. The Kier molecular flexibility index (Phi) is 5.88. The fraction of sp³-hybridized carbons (Fsp3) is 0.200. The van der Waals surface area contributed by atoms with Gasteiger partial charge in [0.2, 0.25) is 5.69 Å². The number of aliphatic hydroxyl groups excluding tert-OH is 1. The molecule has 10 heteroatoms. The zero-order valence-electron chi connectivity index (χ0n) is 18.6. The summed E-state index contributed by atoms with van der Waals surface area (Å²) in [5, 5.41) is 35.6. The largest absolute Gasteiger partial charge is 0.618 e. The number of hydrogen-bond donors (Lipinski definition) is 1. The van der Waals surface area contributed by atoms with Crippen LogP contribution in [-0.4, -0.2) is 36.9 Å². The Morgan fingerprint density at radius 3 is 2.66 bits per heavy atom. The van der Waals surface area contributed by atoms with Crippen molar-refractivity contribution < 1.29 is 19.4 Å². The highest BCUT2D eigenvalue weighted by molar-refractivity contribution is 6.31. The molecule has 0 bridgehead atoms. The van der Waals surface area contributed by atoms with Gasteiger partial charge in [0, 0.05) is 28.1 Å². The third-order valence-corrected chi connectivity index (χ3v) is 6.48. The Labute approximate surface area is 205 Å². The van der Waals surface area contributed by atoms with E-state index < -0.39 is 12.0 Å². The van der Waals surface area contributed by atoms with Gasteiger partial charge in [-0.3, -0.25) is 9.59 Å². The molecule has 0 saturated carbocycles. The van der Waals surface area contributed by atoms with Crippen LogP contribution in [0, 0.1) is 5.21 Å². The van der Waals surface area contributed by atoms with Crippen LogP contribution in [0.5, 0.6) is 0 Å². The number of aliphatic hydroxyl groups is 1. The van der Waals surface area contributed by atoms with Crippen LogP contribution in [0.4, 0.5) is 0 Å². The number of ketones is 2. The summed E-state index contributed by atoms with van der Waals surface area (Å²) in [5.41, 5.74) is 3.68. The standard InChI is InChI=1S/C25H20ClN5O4/c1-14(32)16-4-2-15(3-5-16)8-23(33)21-11-24(34)20-9-17(12-31(35)25(20)21)19-10-18(26)6-7-22(19)30-13-27-28-29-30/h2-7,9-10,12-13,21,24,34H,8,11H2,1H3. The molecule has 2 atom stereocenters. The molecule has 9 nitrogen and oxygen atoms in total. The first-order valence-electron chi connectivity index (χ1n) is 10.9. The van der Waals surface area contributed by atoms with Crippen molar-refractivity contribution in [1.29, 1.82) is 0 Å². The highest BCUT2D eigenvalue weighted by Gasteiger charge is 2.41. The summed E-state index contributed by atoms with van der Waals surface area (Å²) in [6.45, 7) is 1.48. The summed E-state index contributed by atoms with van der Waals surface area (Å²) in [6, 6.07) is 13.6. The highest BCUT2D eigenvalue weighted by atomic mass is 35.5. The topological polar surface area (TPSA) is 125 Å². The zero-order chi connectivity index (χ0) is 24.7. The second-order valence-corrected chi connectivity index (χ2v) is 8.95. The van der Waals surface area contributed by atoms with Crippen molar-refractivity contribution in [1.82, 2.24) is 20.2 Å². The number of aromatic nitrogens is 5. The first-order chi connectivity index (χ1) is 16.8. The molecule has 0 radical (unpaired) electrons. The summed E-state index contributed by atoms with van der Waals surface area (Å²) >= 11 is 6.22. The second-order valence-electron chi connectivity index (χ2n) is 8.51. The minimum atomic E-state index is -0.963. The minimum Gasteiger partial charge on any atom is -0.618 e. The van der Waals surface area contributed by atoms with E-state index in [0.29, 0.717) is 37.7 Å². The SMILES string of the molecule is CC(=O)c1ccc(CC(=O)C2CC(O)c3cc(-c4cc(Cl)ccc4-n4cnnn4)c[n+]([O-])c32)cc1. The number of Topliss-reactive ketones (excluding diaryl/α,β-unsaturated/α-hetero) is 2. The maximum absolute atomic E-state index is 13.2. The molecule has 1 aliphatic carbocycles. The fourth-order valence-corrected chi connectivity index (χ4v) is 4.68. The third kappa shape index (κ3) is 4.31. The number of fused-ring (bicyclic) bond motifs is 1. The lowest BCUT2D eigenvalue weighted by Gasteiger charge is -2.14. The lowest BCUT2D eigenvalue weighted by Crippen LogP contribution is -2.35. The molecular weight excluding hydrogens is 470 g/mol. The van der Waals surface area contributed by atoms with Crippen LogP contribution in [0.25, 0.3) is 16.8 Å². The summed E-state index contributed by atoms with van der Waals surface area (Å²) in [7, 11) is 0. The number of hydrogen-bond acceptors (Lipinski definition) is 7. The first kappa shape index (κ1) is 22.8. The number of nitrogens with zero attached hydrogens (tertiary/aromatic N) is 5. The van der Waals surface area contributed by atoms with Crippen LogP contribution in [0.15, 0.2) is 61.1 Å². The molecule has 1 aliphatic rings. The van der Waals surface area contributed by atoms with E-state index in [4.69, 9.17) is 11.6 Å². The molecule has 2 unspecified atom stereocenters. The molecule has 0 saturated heterocycles. The van der Waals surface area contributed by atoms with Gasteiger partial charge in [-0.25, -0.2) is 0 Å². The Hall–Kier alpha value is -3.95. The molecule has 35 heavy (non-hydrogen) atoms. The quantitative estimate of drug-likeness (QED) is 0.250. The molecule has 0 amide bonds. The van der Waals surface area contributed by atoms with Gasteiger partial charge in [-0.1, -0.05) is 35.9 Å². The molecular formula is C25H20ClN5O4. The molecule has 5 rings (SSSR count). The van der Waals surface area contributed by atoms with Crippen molar-refractivity contribution >= 4 is 23.2 Å². The van der Waals surface area contributed by atoms with Crippen LogP contribution < -0.4 is 4.73 Å². The fourth-order valence-electron chi connectivity index (χ4n) is 4.51. The number of pyridine rings is 1. The summed E-state index contributed by atoms with van der Waals surface area (Å²) in [4.78, 5) is 24.6. The van der Waals surface area contributed by atoms with Gasteiger partial charge in [-0.15, -0.1) is 5.10 Å². The normalized spacial score (nSPS) is 16.8. The predicted octanol–water partition coefficient (Wildman–Crippen LogP) is 3.15. The van der Waals surface area contributed by atoms with Gasteiger partial charge >= 0.3 is 0 Å². The molecule has 2 heterocycles. The lowest BCUT2D eigenvalue weighted by atomic mass is 9.94. The lowest BCUT2D eigenvalue weighted by molar-refractivity contribution is -0.613. The molecule has 0 spiro atoms. The number of benzene rings is 2. The number of rotatable bonds is 6. The van der Waals surface area contributed by atoms with Gasteiger partial charge < -0.3 is 10.3 Å². The highest BCUT2D eigenvalue weighted by Crippen LogP contribution is 2.41. The van der Waals surface area contributed by atoms with Crippen LogP contribution in [0.2, 0.25) is 5.02 Å². The molecule has 1 N–H and O–H groups in total. The monoisotopic (exact) mass is 489 g/mol. The van der Waals surface area contributed by atoms with Gasteiger partial charge in [0.25, 0.3) is 0 Å². The average molecular weight is 490 g/mol. The van der Waals surface area contributed by atoms with Crippen molar-refractivity contribution in [2.24, 2.45) is 0 Å².